The fraction of sp³-hybridized carbons (Fsp3) is 0.214. The third-order valence-electron chi connectivity index (χ3n) is 3.15. The second kappa shape index (κ2) is 5.29. The van der Waals surface area contributed by atoms with Crippen molar-refractivity contribution in [3.05, 3.63) is 52.3 Å². The molecular weight excluding hydrogens is 293 g/mol. The quantitative estimate of drug-likeness (QED) is 0.807. The second-order valence-corrected chi connectivity index (χ2v) is 5.07. The van der Waals surface area contributed by atoms with Crippen molar-refractivity contribution in [3.63, 3.8) is 0 Å². The second-order valence-electron chi connectivity index (χ2n) is 4.70. The molecule has 0 aliphatic rings. The molecule has 108 valence electrons. The minimum absolute atomic E-state index is 0.267. The summed E-state index contributed by atoms with van der Waals surface area (Å²) in [5.41, 5.74) is 2.33. The van der Waals surface area contributed by atoms with Gasteiger partial charge in [-0.05, 0) is 38.1 Å². The molecule has 2 aromatic heterocycles. The molecule has 21 heavy (non-hydrogen) atoms. The Bertz CT molecular complexity index is 797. The van der Waals surface area contributed by atoms with Crippen molar-refractivity contribution in [2.45, 2.75) is 20.4 Å². The average molecular weight is 306 g/mol. The summed E-state index contributed by atoms with van der Waals surface area (Å²) in [6.45, 7) is 4.13. The van der Waals surface area contributed by atoms with Crippen molar-refractivity contribution in [2.75, 3.05) is 5.32 Å². The fourth-order valence-electron chi connectivity index (χ4n) is 2.02. The summed E-state index contributed by atoms with van der Waals surface area (Å²) in [7, 11) is 0. The maximum Gasteiger partial charge on any atom is 0.253 e. The molecule has 0 aliphatic heterocycles. The van der Waals surface area contributed by atoms with E-state index in [-0.39, 0.29) is 5.82 Å². The number of halogens is 2. The molecule has 0 saturated carbocycles. The largest absolute Gasteiger partial charge is 0.378 e. The van der Waals surface area contributed by atoms with Crippen LogP contribution in [0.5, 0.6) is 0 Å². The van der Waals surface area contributed by atoms with Crippen molar-refractivity contribution in [1.82, 2.24) is 19.6 Å². The van der Waals surface area contributed by atoms with Gasteiger partial charge < -0.3 is 5.32 Å². The molecule has 2 heterocycles. The van der Waals surface area contributed by atoms with Crippen LogP contribution in [0.15, 0.2) is 24.3 Å². The number of fused-ring (bicyclic) bond motifs is 1. The van der Waals surface area contributed by atoms with Crippen molar-refractivity contribution in [2.24, 2.45) is 0 Å². The summed E-state index contributed by atoms with van der Waals surface area (Å²) in [4.78, 5) is 8.66. The molecule has 5 nitrogen and oxygen atoms in total. The maximum absolute atomic E-state index is 12.8. The van der Waals surface area contributed by atoms with Crippen LogP contribution in [0, 0.1) is 19.7 Å². The molecule has 1 N–H and O–H groups in total. The summed E-state index contributed by atoms with van der Waals surface area (Å²) < 4.78 is 14.5. The molecule has 0 unspecified atom stereocenters. The summed E-state index contributed by atoms with van der Waals surface area (Å²) in [5.74, 6) is 0.846. The van der Waals surface area contributed by atoms with Gasteiger partial charge in [0.25, 0.3) is 5.78 Å². The summed E-state index contributed by atoms with van der Waals surface area (Å²) >= 11 is 6.15. The van der Waals surface area contributed by atoms with Gasteiger partial charge >= 0.3 is 0 Å². The first-order valence-corrected chi connectivity index (χ1v) is 6.80. The van der Waals surface area contributed by atoms with Crippen molar-refractivity contribution in [1.29, 1.82) is 0 Å². The molecule has 0 amide bonds. The molecule has 3 aromatic rings. The normalized spacial score (nSPS) is 11.0. The predicted octanol–water partition coefficient (Wildman–Crippen LogP) is 3.15. The molecule has 0 spiro atoms. The zero-order chi connectivity index (χ0) is 15.0. The Morgan fingerprint density at radius 3 is 2.62 bits per heavy atom. The number of anilines is 1. The summed E-state index contributed by atoms with van der Waals surface area (Å²) in [6.07, 6.45) is 0. The Hall–Kier alpha value is -2.21. The fourth-order valence-corrected chi connectivity index (χ4v) is 2.14. The van der Waals surface area contributed by atoms with Gasteiger partial charge in [-0.25, -0.2) is 9.37 Å². The highest BCUT2D eigenvalue weighted by Crippen LogP contribution is 2.19. The number of nitrogens with zero attached hydrogens (tertiary/aromatic N) is 4. The number of hydrogen-bond donors (Lipinski definition) is 1. The number of rotatable bonds is 3. The lowest BCUT2D eigenvalue weighted by molar-refractivity contribution is 0.628. The lowest BCUT2D eigenvalue weighted by Crippen LogP contribution is -2.02. The topological polar surface area (TPSA) is 55.1 Å². The average Bonchev–Trinajstić information content (AvgIpc) is 2.87. The Kier molecular flexibility index (Phi) is 3.47. The number of hydrogen-bond acceptors (Lipinski definition) is 4. The summed E-state index contributed by atoms with van der Waals surface area (Å²) in [5, 5.41) is 8.09. The lowest BCUT2D eigenvalue weighted by atomic mass is 10.3. The molecule has 1 aromatic carbocycles. The van der Waals surface area contributed by atoms with Crippen molar-refractivity contribution >= 4 is 23.1 Å². The van der Waals surface area contributed by atoms with Crippen molar-refractivity contribution < 1.29 is 4.39 Å². The van der Waals surface area contributed by atoms with Crippen LogP contribution in [-0.4, -0.2) is 19.6 Å². The third kappa shape index (κ3) is 2.67. The van der Waals surface area contributed by atoms with E-state index in [2.05, 4.69) is 20.4 Å². The molecule has 7 heteroatoms. The van der Waals surface area contributed by atoms with Crippen LogP contribution in [0.3, 0.4) is 0 Å². The van der Waals surface area contributed by atoms with Crippen LogP contribution >= 0.6 is 11.6 Å². The minimum atomic E-state index is -0.267. The highest BCUT2D eigenvalue weighted by atomic mass is 35.5. The SMILES string of the molecule is Cc1nc2nc(CNc3ccc(F)cc3)nn2c(C)c1Cl. The number of nitrogens with one attached hydrogen (secondary N) is 1. The minimum Gasteiger partial charge on any atom is -0.378 e. The molecule has 0 atom stereocenters. The first-order chi connectivity index (χ1) is 10.0. The molecule has 3 rings (SSSR count). The first-order valence-electron chi connectivity index (χ1n) is 6.42. The van der Waals surface area contributed by atoms with Crippen LogP contribution in [0.25, 0.3) is 5.78 Å². The van der Waals surface area contributed by atoms with E-state index in [0.717, 1.165) is 17.1 Å². The van der Waals surface area contributed by atoms with Crippen LogP contribution in [0.1, 0.15) is 17.2 Å². The van der Waals surface area contributed by atoms with Crippen molar-refractivity contribution in [3.8, 4) is 0 Å². The third-order valence-corrected chi connectivity index (χ3v) is 3.70. The number of aromatic nitrogens is 4. The predicted molar refractivity (Wildman–Crippen MR) is 79.0 cm³/mol. The Labute approximate surface area is 125 Å². The number of aryl methyl sites for hydroxylation is 2. The van der Waals surface area contributed by atoms with E-state index in [9.17, 15) is 4.39 Å². The Morgan fingerprint density at radius 1 is 1.19 bits per heavy atom. The summed E-state index contributed by atoms with van der Waals surface area (Å²) in [6, 6.07) is 6.12. The van der Waals surface area contributed by atoms with Gasteiger partial charge in [-0.2, -0.15) is 9.50 Å². The molecule has 0 saturated heterocycles. The zero-order valence-electron chi connectivity index (χ0n) is 11.6. The van der Waals surface area contributed by atoms with Gasteiger partial charge in [0.2, 0.25) is 0 Å². The van der Waals surface area contributed by atoms with Gasteiger partial charge in [0.05, 0.1) is 23.0 Å². The smallest absolute Gasteiger partial charge is 0.253 e. The molecule has 0 radical (unpaired) electrons. The molecule has 0 aliphatic carbocycles. The maximum atomic E-state index is 12.8. The van der Waals surface area contributed by atoms with Crippen LogP contribution in [0.4, 0.5) is 10.1 Å². The van der Waals surface area contributed by atoms with E-state index in [1.54, 1.807) is 16.6 Å². The highest BCUT2D eigenvalue weighted by molar-refractivity contribution is 6.31. The van der Waals surface area contributed by atoms with Gasteiger partial charge in [-0.1, -0.05) is 11.6 Å². The van der Waals surface area contributed by atoms with Crippen LogP contribution in [-0.2, 0) is 6.54 Å². The number of benzene rings is 1. The van der Waals surface area contributed by atoms with Gasteiger partial charge in [0.1, 0.15) is 5.82 Å². The van der Waals surface area contributed by atoms with Crippen LogP contribution < -0.4 is 5.32 Å². The zero-order valence-corrected chi connectivity index (χ0v) is 12.3. The lowest BCUT2D eigenvalue weighted by Gasteiger charge is -2.03. The van der Waals surface area contributed by atoms with E-state index in [4.69, 9.17) is 11.6 Å². The molecular formula is C14H13ClFN5. The van der Waals surface area contributed by atoms with Gasteiger partial charge in [0.15, 0.2) is 5.82 Å². The van der Waals surface area contributed by atoms with Gasteiger partial charge in [-0.3, -0.25) is 0 Å². The van der Waals surface area contributed by atoms with E-state index < -0.39 is 0 Å². The van der Waals surface area contributed by atoms with Crippen LogP contribution in [0.2, 0.25) is 5.02 Å². The van der Waals surface area contributed by atoms with Gasteiger partial charge in [-0.15, -0.1) is 5.10 Å². The Morgan fingerprint density at radius 2 is 1.90 bits per heavy atom. The van der Waals surface area contributed by atoms with E-state index in [1.807, 2.05) is 13.8 Å². The van der Waals surface area contributed by atoms with Gasteiger partial charge in [0, 0.05) is 5.69 Å². The molecule has 0 bridgehead atoms. The highest BCUT2D eigenvalue weighted by Gasteiger charge is 2.11. The Balaban J connectivity index is 1.85. The van der Waals surface area contributed by atoms with E-state index >= 15 is 0 Å². The monoisotopic (exact) mass is 305 g/mol. The van der Waals surface area contributed by atoms with E-state index in [1.165, 1.54) is 12.1 Å². The first kappa shape index (κ1) is 13.8. The molecule has 0 fully saturated rings. The standard InChI is InChI=1S/C14H13ClFN5/c1-8-13(15)9(2)21-14(18-8)19-12(20-21)7-17-11-5-3-10(16)4-6-11/h3-6,17H,7H2,1-2H3. The van der Waals surface area contributed by atoms with E-state index in [0.29, 0.717) is 23.2 Å².